The number of nitrogens with one attached hydrogen (secondary N) is 1. The summed E-state index contributed by atoms with van der Waals surface area (Å²) in [5.74, 6) is -1.94. The molecule has 3 rings (SSSR count). The number of rotatable bonds is 5. The lowest BCUT2D eigenvalue weighted by molar-refractivity contribution is -0.122. The molecule has 138 valence electrons. The number of amides is 1. The molecule has 0 bridgehead atoms. The van der Waals surface area contributed by atoms with Crippen molar-refractivity contribution in [1.29, 1.82) is 0 Å². The normalized spacial score (nSPS) is 10.6. The largest absolute Gasteiger partial charge is 0.350 e. The lowest BCUT2D eigenvalue weighted by atomic mass is 10.1. The highest BCUT2D eigenvalue weighted by atomic mass is 19.1. The van der Waals surface area contributed by atoms with Gasteiger partial charge in [0.25, 0.3) is 5.56 Å². The zero-order chi connectivity index (χ0) is 19.4. The van der Waals surface area contributed by atoms with Crippen molar-refractivity contribution in [2.24, 2.45) is 0 Å². The van der Waals surface area contributed by atoms with Gasteiger partial charge in [0.15, 0.2) is 0 Å². The Morgan fingerprint density at radius 2 is 1.81 bits per heavy atom. The molecule has 1 aromatic heterocycles. The molecular formula is C20H17F2N3O2. The number of carbonyl (C=O) groups is 1. The Labute approximate surface area is 154 Å². The van der Waals surface area contributed by atoms with Gasteiger partial charge in [0.05, 0.1) is 5.69 Å². The molecule has 0 aliphatic heterocycles. The average Bonchev–Trinajstić information content (AvgIpc) is 2.63. The molecule has 1 amide bonds. The minimum absolute atomic E-state index is 0.114. The van der Waals surface area contributed by atoms with Gasteiger partial charge >= 0.3 is 0 Å². The number of carbonyl (C=O) groups excluding carboxylic acids is 1. The summed E-state index contributed by atoms with van der Waals surface area (Å²) in [5, 5.41) is 6.72. The molecular weight excluding hydrogens is 352 g/mol. The third-order valence-corrected chi connectivity index (χ3v) is 4.00. The van der Waals surface area contributed by atoms with E-state index < -0.39 is 23.1 Å². The molecule has 0 spiro atoms. The van der Waals surface area contributed by atoms with Crippen LogP contribution in [0.25, 0.3) is 11.3 Å². The molecule has 0 atom stereocenters. The molecule has 0 unspecified atom stereocenters. The van der Waals surface area contributed by atoms with Crippen LogP contribution in [0.15, 0.2) is 59.4 Å². The highest BCUT2D eigenvalue weighted by molar-refractivity contribution is 5.75. The monoisotopic (exact) mass is 369 g/mol. The van der Waals surface area contributed by atoms with Crippen molar-refractivity contribution in [3.05, 3.63) is 87.7 Å². The van der Waals surface area contributed by atoms with Gasteiger partial charge in [-0.25, -0.2) is 13.5 Å². The fraction of sp³-hybridized carbons (Fsp3) is 0.150. The second kappa shape index (κ2) is 7.90. The lowest BCUT2D eigenvalue weighted by Gasteiger charge is -2.09. The zero-order valence-electron chi connectivity index (χ0n) is 14.6. The van der Waals surface area contributed by atoms with Crippen LogP contribution in [0.5, 0.6) is 0 Å². The Hall–Kier alpha value is -3.35. The Bertz CT molecular complexity index is 1030. The fourth-order valence-electron chi connectivity index (χ4n) is 2.49. The Morgan fingerprint density at radius 3 is 2.52 bits per heavy atom. The first-order chi connectivity index (χ1) is 12.9. The van der Waals surface area contributed by atoms with Crippen LogP contribution >= 0.6 is 0 Å². The average molecular weight is 369 g/mol. The van der Waals surface area contributed by atoms with E-state index in [1.54, 1.807) is 6.07 Å². The quantitative estimate of drug-likeness (QED) is 0.752. The van der Waals surface area contributed by atoms with Crippen molar-refractivity contribution < 1.29 is 13.6 Å². The second-order valence-electron chi connectivity index (χ2n) is 6.09. The maximum atomic E-state index is 13.6. The minimum atomic E-state index is -0.744. The SMILES string of the molecule is Cc1ccc(-c2ccc(=O)n(CC(=O)NCc3ccc(F)cc3F)n2)cc1. The maximum Gasteiger partial charge on any atom is 0.267 e. The van der Waals surface area contributed by atoms with Gasteiger partial charge in [-0.3, -0.25) is 9.59 Å². The summed E-state index contributed by atoms with van der Waals surface area (Å²) in [5.41, 5.74) is 2.21. The van der Waals surface area contributed by atoms with Crippen LogP contribution in [0.2, 0.25) is 0 Å². The standard InChI is InChI=1S/C20H17F2N3O2/c1-13-2-4-14(5-3-13)18-8-9-20(27)25(24-18)12-19(26)23-11-15-6-7-16(21)10-17(15)22/h2-10H,11-12H2,1H3,(H,23,26). The van der Waals surface area contributed by atoms with E-state index in [1.165, 1.54) is 12.1 Å². The third-order valence-electron chi connectivity index (χ3n) is 4.00. The van der Waals surface area contributed by atoms with E-state index in [9.17, 15) is 18.4 Å². The third kappa shape index (κ3) is 4.63. The van der Waals surface area contributed by atoms with Crippen molar-refractivity contribution >= 4 is 5.91 Å². The van der Waals surface area contributed by atoms with Gasteiger partial charge in [-0.2, -0.15) is 5.10 Å². The first-order valence-electron chi connectivity index (χ1n) is 8.28. The van der Waals surface area contributed by atoms with E-state index in [2.05, 4.69) is 10.4 Å². The van der Waals surface area contributed by atoms with Crippen LogP contribution in [0.3, 0.4) is 0 Å². The Morgan fingerprint density at radius 1 is 1.07 bits per heavy atom. The van der Waals surface area contributed by atoms with E-state index >= 15 is 0 Å². The summed E-state index contributed by atoms with van der Waals surface area (Å²) in [6.45, 7) is 1.55. The number of aromatic nitrogens is 2. The number of benzene rings is 2. The second-order valence-corrected chi connectivity index (χ2v) is 6.09. The van der Waals surface area contributed by atoms with Crippen LogP contribution in [-0.2, 0) is 17.9 Å². The van der Waals surface area contributed by atoms with Crippen molar-refractivity contribution in [1.82, 2.24) is 15.1 Å². The van der Waals surface area contributed by atoms with E-state index in [-0.39, 0.29) is 18.7 Å². The summed E-state index contributed by atoms with van der Waals surface area (Å²) in [6, 6.07) is 13.7. The van der Waals surface area contributed by atoms with Crippen molar-refractivity contribution in [2.75, 3.05) is 0 Å². The summed E-state index contributed by atoms with van der Waals surface area (Å²) in [7, 11) is 0. The highest BCUT2D eigenvalue weighted by Crippen LogP contribution is 2.15. The predicted molar refractivity (Wildman–Crippen MR) is 96.9 cm³/mol. The van der Waals surface area contributed by atoms with Gasteiger partial charge in [-0.15, -0.1) is 0 Å². The summed E-state index contributed by atoms with van der Waals surface area (Å²) in [6.07, 6.45) is 0. The molecule has 5 nitrogen and oxygen atoms in total. The van der Waals surface area contributed by atoms with Crippen LogP contribution in [0, 0.1) is 18.6 Å². The first-order valence-corrected chi connectivity index (χ1v) is 8.28. The smallest absolute Gasteiger partial charge is 0.267 e. The number of hydrogen-bond acceptors (Lipinski definition) is 3. The molecule has 1 heterocycles. The van der Waals surface area contributed by atoms with Gasteiger partial charge < -0.3 is 5.32 Å². The zero-order valence-corrected chi connectivity index (χ0v) is 14.6. The molecule has 0 saturated carbocycles. The molecule has 1 N–H and O–H groups in total. The maximum absolute atomic E-state index is 13.6. The number of halogens is 2. The minimum Gasteiger partial charge on any atom is -0.350 e. The molecule has 27 heavy (non-hydrogen) atoms. The summed E-state index contributed by atoms with van der Waals surface area (Å²) < 4.78 is 27.6. The number of aryl methyl sites for hydroxylation is 1. The van der Waals surface area contributed by atoms with Crippen LogP contribution in [0.4, 0.5) is 8.78 Å². The predicted octanol–water partition coefficient (Wildman–Crippen LogP) is 2.81. The molecule has 7 heteroatoms. The molecule has 3 aromatic rings. The van der Waals surface area contributed by atoms with Gasteiger partial charge in [0, 0.05) is 29.8 Å². The summed E-state index contributed by atoms with van der Waals surface area (Å²) in [4.78, 5) is 24.1. The highest BCUT2D eigenvalue weighted by Gasteiger charge is 2.10. The van der Waals surface area contributed by atoms with Gasteiger partial charge in [0.1, 0.15) is 18.2 Å². The number of nitrogens with zero attached hydrogens (tertiary/aromatic N) is 2. The number of hydrogen-bond donors (Lipinski definition) is 1. The van der Waals surface area contributed by atoms with Gasteiger partial charge in [-0.05, 0) is 19.1 Å². The summed E-state index contributed by atoms with van der Waals surface area (Å²) >= 11 is 0. The van der Waals surface area contributed by atoms with Crippen molar-refractivity contribution in [3.63, 3.8) is 0 Å². The van der Waals surface area contributed by atoms with Crippen LogP contribution in [0.1, 0.15) is 11.1 Å². The topological polar surface area (TPSA) is 64.0 Å². The molecule has 2 aromatic carbocycles. The van der Waals surface area contributed by atoms with Gasteiger partial charge in [-0.1, -0.05) is 35.9 Å². The molecule has 0 saturated heterocycles. The Kier molecular flexibility index (Phi) is 5.40. The molecule has 0 fully saturated rings. The molecule has 0 radical (unpaired) electrons. The molecule has 0 aliphatic rings. The van der Waals surface area contributed by atoms with Crippen molar-refractivity contribution in [3.8, 4) is 11.3 Å². The van der Waals surface area contributed by atoms with E-state index in [0.717, 1.165) is 27.9 Å². The fourth-order valence-corrected chi connectivity index (χ4v) is 2.49. The molecule has 0 aliphatic carbocycles. The first kappa shape index (κ1) is 18.4. The van der Waals surface area contributed by atoms with Crippen LogP contribution < -0.4 is 10.9 Å². The lowest BCUT2D eigenvalue weighted by Crippen LogP contribution is -2.33. The van der Waals surface area contributed by atoms with Gasteiger partial charge in [0.2, 0.25) is 5.91 Å². The van der Waals surface area contributed by atoms with E-state index in [0.29, 0.717) is 5.69 Å². The van der Waals surface area contributed by atoms with Crippen molar-refractivity contribution in [2.45, 2.75) is 20.0 Å². The Balaban J connectivity index is 1.71. The van der Waals surface area contributed by atoms with E-state index in [4.69, 9.17) is 0 Å². The van der Waals surface area contributed by atoms with Crippen LogP contribution in [-0.4, -0.2) is 15.7 Å². The van der Waals surface area contributed by atoms with E-state index in [1.807, 2.05) is 31.2 Å².